The molecule has 0 atom stereocenters. The zero-order valence-electron chi connectivity index (χ0n) is 19.3. The van der Waals surface area contributed by atoms with Crippen molar-refractivity contribution >= 4 is 39.9 Å². The van der Waals surface area contributed by atoms with Gasteiger partial charge < -0.3 is 15.2 Å². The van der Waals surface area contributed by atoms with Crippen LogP contribution in [0.2, 0.25) is 0 Å². The highest BCUT2D eigenvalue weighted by atomic mass is 32.2. The van der Waals surface area contributed by atoms with Crippen LogP contribution in [0.25, 0.3) is 0 Å². The number of halogens is 1. The molecule has 0 spiro atoms. The molecular formula is C24H25FN6O2S2. The van der Waals surface area contributed by atoms with Gasteiger partial charge in [0, 0.05) is 24.4 Å². The second-order valence-corrected chi connectivity index (χ2v) is 10.0. The third kappa shape index (κ3) is 5.71. The smallest absolute Gasteiger partial charge is 0.254 e. The van der Waals surface area contributed by atoms with Gasteiger partial charge in [0.25, 0.3) is 5.91 Å². The number of nitrogens with one attached hydrogen (secondary N) is 2. The van der Waals surface area contributed by atoms with Crippen LogP contribution in [0.4, 0.5) is 9.39 Å². The molecule has 8 nitrogen and oxygen atoms in total. The third-order valence-electron chi connectivity index (χ3n) is 5.73. The highest BCUT2D eigenvalue weighted by molar-refractivity contribution is 7.99. The lowest BCUT2D eigenvalue weighted by atomic mass is 9.96. The molecule has 11 heteroatoms. The summed E-state index contributed by atoms with van der Waals surface area (Å²) in [5, 5.41) is 24.8. The SMILES string of the molecule is CCn1c(CCNC(=O)c2ccccc2F)nnc1SCC(=O)Nc1sc2c(c1C#N)CCCC2. The molecule has 2 aromatic heterocycles. The van der Waals surface area contributed by atoms with Crippen molar-refractivity contribution in [1.82, 2.24) is 20.1 Å². The highest BCUT2D eigenvalue weighted by Gasteiger charge is 2.22. The number of hydrogen-bond donors (Lipinski definition) is 2. The van der Waals surface area contributed by atoms with E-state index in [9.17, 15) is 19.2 Å². The first-order chi connectivity index (χ1) is 17.0. The average Bonchev–Trinajstić information content (AvgIpc) is 3.42. The number of aryl methyl sites for hydroxylation is 1. The predicted octanol–water partition coefficient (Wildman–Crippen LogP) is 3.95. The Hall–Kier alpha value is -3.23. The molecule has 2 heterocycles. The number of carbonyl (C=O) groups excluding carboxylic acids is 2. The van der Waals surface area contributed by atoms with Crippen LogP contribution in [0.1, 0.15) is 52.0 Å². The number of aromatic nitrogens is 3. The first kappa shape index (κ1) is 24.9. The minimum absolute atomic E-state index is 0.00198. The van der Waals surface area contributed by atoms with Crippen molar-refractivity contribution < 1.29 is 14.0 Å². The van der Waals surface area contributed by atoms with Crippen LogP contribution in [-0.4, -0.2) is 38.9 Å². The largest absolute Gasteiger partial charge is 0.351 e. The van der Waals surface area contributed by atoms with E-state index in [-0.39, 0.29) is 23.8 Å². The molecule has 0 fully saturated rings. The van der Waals surface area contributed by atoms with E-state index in [2.05, 4.69) is 26.9 Å². The van der Waals surface area contributed by atoms with Gasteiger partial charge in [-0.15, -0.1) is 21.5 Å². The van der Waals surface area contributed by atoms with Crippen LogP contribution >= 0.6 is 23.1 Å². The van der Waals surface area contributed by atoms with E-state index in [0.717, 1.165) is 31.2 Å². The number of thiophene rings is 1. The van der Waals surface area contributed by atoms with Crippen LogP contribution < -0.4 is 10.6 Å². The van der Waals surface area contributed by atoms with Crippen molar-refractivity contribution in [2.75, 3.05) is 17.6 Å². The molecule has 0 saturated heterocycles. The van der Waals surface area contributed by atoms with E-state index < -0.39 is 11.7 Å². The van der Waals surface area contributed by atoms with Crippen molar-refractivity contribution in [3.05, 3.63) is 57.5 Å². The van der Waals surface area contributed by atoms with Crippen LogP contribution in [0.5, 0.6) is 0 Å². The maximum absolute atomic E-state index is 13.8. The molecule has 182 valence electrons. The quantitative estimate of drug-likeness (QED) is 0.420. The van der Waals surface area contributed by atoms with Gasteiger partial charge in [0.1, 0.15) is 22.7 Å². The van der Waals surface area contributed by atoms with Gasteiger partial charge in [-0.3, -0.25) is 9.59 Å². The van der Waals surface area contributed by atoms with E-state index >= 15 is 0 Å². The number of amides is 2. The minimum Gasteiger partial charge on any atom is -0.351 e. The summed E-state index contributed by atoms with van der Waals surface area (Å²) in [6.07, 6.45) is 4.46. The molecule has 1 aromatic carbocycles. The van der Waals surface area contributed by atoms with Crippen molar-refractivity contribution in [2.45, 2.75) is 50.7 Å². The van der Waals surface area contributed by atoms with Crippen molar-refractivity contribution in [3.8, 4) is 6.07 Å². The molecule has 1 aliphatic carbocycles. The van der Waals surface area contributed by atoms with E-state index in [4.69, 9.17) is 0 Å². The summed E-state index contributed by atoms with van der Waals surface area (Å²) in [6, 6.07) is 8.08. The molecule has 1 aliphatic rings. The summed E-state index contributed by atoms with van der Waals surface area (Å²) in [7, 11) is 0. The maximum atomic E-state index is 13.8. The first-order valence-electron chi connectivity index (χ1n) is 11.4. The van der Waals surface area contributed by atoms with Crippen LogP contribution in [-0.2, 0) is 30.6 Å². The summed E-state index contributed by atoms with van der Waals surface area (Å²) in [4.78, 5) is 26.0. The molecule has 0 unspecified atom stereocenters. The Morgan fingerprint density at radius 2 is 2.06 bits per heavy atom. The Kier molecular flexibility index (Phi) is 8.15. The molecule has 0 saturated carbocycles. The summed E-state index contributed by atoms with van der Waals surface area (Å²) in [5.74, 6) is -0.445. The molecule has 0 radical (unpaired) electrons. The number of hydrogen-bond acceptors (Lipinski definition) is 7. The number of anilines is 1. The fraction of sp³-hybridized carbons (Fsp3) is 0.375. The van der Waals surface area contributed by atoms with Crippen molar-refractivity contribution in [2.24, 2.45) is 0 Å². The van der Waals surface area contributed by atoms with E-state index in [0.29, 0.717) is 34.5 Å². The standard InChI is InChI=1S/C24H25FN6O2S2/c1-2-31-20(11-12-27-22(33)16-8-3-5-9-18(16)25)29-30-24(31)34-14-21(32)28-23-17(13-26)15-7-4-6-10-19(15)35-23/h3,5,8-9H,2,4,6-7,10-12,14H2,1H3,(H,27,33)(H,28,32). The lowest BCUT2D eigenvalue weighted by molar-refractivity contribution is -0.113. The molecule has 4 rings (SSSR count). The van der Waals surface area contributed by atoms with Gasteiger partial charge in [-0.1, -0.05) is 23.9 Å². The van der Waals surface area contributed by atoms with Crippen LogP contribution in [0, 0.1) is 17.1 Å². The van der Waals surface area contributed by atoms with Gasteiger partial charge in [0.2, 0.25) is 5.91 Å². The lowest BCUT2D eigenvalue weighted by Crippen LogP contribution is -2.27. The second-order valence-electron chi connectivity index (χ2n) is 7.99. The molecule has 2 N–H and O–H groups in total. The van der Waals surface area contributed by atoms with Gasteiger partial charge in [-0.25, -0.2) is 4.39 Å². The topological polar surface area (TPSA) is 113 Å². The number of nitrogens with zero attached hydrogens (tertiary/aromatic N) is 4. The molecule has 3 aromatic rings. The zero-order chi connectivity index (χ0) is 24.8. The zero-order valence-corrected chi connectivity index (χ0v) is 20.9. The van der Waals surface area contributed by atoms with E-state index in [1.54, 1.807) is 6.07 Å². The molecule has 0 aliphatic heterocycles. The predicted molar refractivity (Wildman–Crippen MR) is 133 cm³/mol. The number of thioether (sulfide) groups is 1. The first-order valence-corrected chi connectivity index (χ1v) is 13.2. The normalized spacial score (nSPS) is 12.6. The molecular weight excluding hydrogens is 487 g/mol. The number of fused-ring (bicyclic) bond motifs is 1. The van der Waals surface area contributed by atoms with Gasteiger partial charge in [-0.2, -0.15) is 5.26 Å². The Bertz CT molecular complexity index is 1280. The van der Waals surface area contributed by atoms with Crippen LogP contribution in [0.3, 0.4) is 0 Å². The van der Waals surface area contributed by atoms with E-state index in [1.165, 1.54) is 46.2 Å². The Morgan fingerprint density at radius 1 is 1.26 bits per heavy atom. The maximum Gasteiger partial charge on any atom is 0.254 e. The Balaban J connectivity index is 1.32. The average molecular weight is 513 g/mol. The summed E-state index contributed by atoms with van der Waals surface area (Å²) < 4.78 is 15.7. The van der Waals surface area contributed by atoms with Gasteiger partial charge in [-0.05, 0) is 50.3 Å². The highest BCUT2D eigenvalue weighted by Crippen LogP contribution is 2.37. The molecule has 35 heavy (non-hydrogen) atoms. The number of nitriles is 1. The van der Waals surface area contributed by atoms with Crippen molar-refractivity contribution in [1.29, 1.82) is 5.26 Å². The third-order valence-corrected chi connectivity index (χ3v) is 7.90. The van der Waals surface area contributed by atoms with Crippen molar-refractivity contribution in [3.63, 3.8) is 0 Å². The Labute approximate surface area is 210 Å². The summed E-state index contributed by atoms with van der Waals surface area (Å²) >= 11 is 2.77. The van der Waals surface area contributed by atoms with Gasteiger partial charge >= 0.3 is 0 Å². The fourth-order valence-corrected chi connectivity index (χ4v) is 6.10. The fourth-order valence-electron chi connectivity index (χ4n) is 4.02. The number of benzene rings is 1. The summed E-state index contributed by atoms with van der Waals surface area (Å²) in [6.45, 7) is 2.82. The molecule has 2 amide bonds. The number of rotatable bonds is 9. The van der Waals surface area contributed by atoms with Gasteiger partial charge in [0.05, 0.1) is 16.9 Å². The second kappa shape index (κ2) is 11.5. The van der Waals surface area contributed by atoms with Crippen LogP contribution in [0.15, 0.2) is 29.4 Å². The minimum atomic E-state index is -0.566. The summed E-state index contributed by atoms with van der Waals surface area (Å²) in [5.41, 5.74) is 1.68. The lowest BCUT2D eigenvalue weighted by Gasteiger charge is -2.09. The monoisotopic (exact) mass is 512 g/mol. The number of carbonyl (C=O) groups is 2. The Morgan fingerprint density at radius 3 is 2.83 bits per heavy atom. The van der Waals surface area contributed by atoms with Gasteiger partial charge in [0.15, 0.2) is 5.16 Å². The molecule has 0 bridgehead atoms. The van der Waals surface area contributed by atoms with E-state index in [1.807, 2.05) is 11.5 Å².